The molecule has 2 bridgehead atoms. The number of halogens is 1. The molecule has 3 aromatic rings. The Bertz CT molecular complexity index is 1710. The highest BCUT2D eigenvalue weighted by Crippen LogP contribution is 2.40. The maximum Gasteiger partial charge on any atom is 0.261 e. The minimum atomic E-state index is -3.99. The first-order valence-corrected chi connectivity index (χ1v) is 16.5. The first kappa shape index (κ1) is 28.4. The standard InChI is InChI=1S/C31H33ClN4O6S/c32-24-5-7-25(8-6-24)43(39,40)33-26-17-22(30(38)34-12-10-31(11-13-34)41-14-15-42-31)4-9-28(26)35-18-21-16-23(20-35)27-2-1-3-29(37)36(27)19-21/h1-9,17,21,23,33H,10-16,18-20H2/t21-,23+/m1/s1. The molecule has 0 radical (unpaired) electrons. The molecule has 4 aliphatic rings. The number of piperidine rings is 2. The molecule has 3 fully saturated rings. The van der Waals surface area contributed by atoms with Crippen LogP contribution in [0.3, 0.4) is 0 Å². The quantitative estimate of drug-likeness (QED) is 0.458. The number of nitrogens with one attached hydrogen (secondary N) is 1. The van der Waals surface area contributed by atoms with Crippen molar-refractivity contribution in [2.45, 2.75) is 42.4 Å². The molecule has 2 atom stereocenters. The van der Waals surface area contributed by atoms with Gasteiger partial charge < -0.3 is 23.8 Å². The zero-order valence-corrected chi connectivity index (χ0v) is 25.1. The van der Waals surface area contributed by atoms with Crippen molar-refractivity contribution in [2.75, 3.05) is 49.0 Å². The van der Waals surface area contributed by atoms with Crippen LogP contribution in [0, 0.1) is 5.92 Å². The van der Waals surface area contributed by atoms with Crippen molar-refractivity contribution < 1.29 is 22.7 Å². The minimum Gasteiger partial charge on any atom is -0.369 e. The summed E-state index contributed by atoms with van der Waals surface area (Å²) < 4.78 is 43.3. The summed E-state index contributed by atoms with van der Waals surface area (Å²) in [5, 5.41) is 0.434. The third-order valence-electron chi connectivity index (χ3n) is 9.06. The van der Waals surface area contributed by atoms with Crippen molar-refractivity contribution in [1.82, 2.24) is 9.47 Å². The zero-order chi connectivity index (χ0) is 29.8. The van der Waals surface area contributed by atoms with E-state index in [1.54, 1.807) is 29.2 Å². The number of carbonyl (C=O) groups is 1. The predicted molar refractivity (Wildman–Crippen MR) is 162 cm³/mol. The summed E-state index contributed by atoms with van der Waals surface area (Å²) in [6.45, 7) is 4.00. The number of ether oxygens (including phenoxy) is 2. The van der Waals surface area contributed by atoms with E-state index in [0.29, 0.717) is 80.7 Å². The number of aromatic nitrogens is 1. The van der Waals surface area contributed by atoms with Crippen LogP contribution in [0.2, 0.25) is 5.02 Å². The highest BCUT2D eigenvalue weighted by atomic mass is 35.5. The number of pyridine rings is 1. The van der Waals surface area contributed by atoms with Gasteiger partial charge in [0, 0.05) is 73.8 Å². The second-order valence-corrected chi connectivity index (χ2v) is 13.9. The molecule has 0 saturated carbocycles. The van der Waals surface area contributed by atoms with Crippen molar-refractivity contribution in [2.24, 2.45) is 5.92 Å². The molecule has 43 heavy (non-hydrogen) atoms. The van der Waals surface area contributed by atoms with Gasteiger partial charge in [0.1, 0.15) is 0 Å². The fourth-order valence-corrected chi connectivity index (χ4v) is 8.15. The Kier molecular flexibility index (Phi) is 7.24. The van der Waals surface area contributed by atoms with Gasteiger partial charge in [-0.2, -0.15) is 0 Å². The first-order valence-electron chi connectivity index (χ1n) is 14.6. The SMILES string of the molecule is O=C(c1ccc(N2C[C@H]3C[C@@H](C2)c2cccc(=O)n2C3)c(NS(=O)(=O)c2ccc(Cl)cc2)c1)N1CCC2(CC1)OCCO2. The number of fused-ring (bicyclic) bond motifs is 4. The van der Waals surface area contributed by atoms with E-state index in [4.69, 9.17) is 21.1 Å². The predicted octanol–water partition coefficient (Wildman–Crippen LogP) is 3.91. The van der Waals surface area contributed by atoms with Gasteiger partial charge in [-0.25, -0.2) is 8.42 Å². The zero-order valence-electron chi connectivity index (χ0n) is 23.6. The Labute approximate surface area is 255 Å². The third kappa shape index (κ3) is 5.43. The van der Waals surface area contributed by atoms with Crippen LogP contribution in [-0.2, 0) is 26.0 Å². The minimum absolute atomic E-state index is 0.00891. The van der Waals surface area contributed by atoms with Crippen LogP contribution in [0.4, 0.5) is 11.4 Å². The normalized spacial score (nSPS) is 22.8. The fourth-order valence-electron chi connectivity index (χ4n) is 6.96. The Morgan fingerprint density at radius 2 is 1.70 bits per heavy atom. The smallest absolute Gasteiger partial charge is 0.261 e. The molecular formula is C31H33ClN4O6S. The second kappa shape index (κ2) is 11.0. The van der Waals surface area contributed by atoms with E-state index in [-0.39, 0.29) is 28.2 Å². The van der Waals surface area contributed by atoms with E-state index in [2.05, 4.69) is 9.62 Å². The molecule has 2 aromatic carbocycles. The van der Waals surface area contributed by atoms with E-state index >= 15 is 0 Å². The van der Waals surface area contributed by atoms with Crippen molar-refractivity contribution in [1.29, 1.82) is 0 Å². The van der Waals surface area contributed by atoms with Crippen LogP contribution in [0.1, 0.15) is 41.2 Å². The Balaban J connectivity index is 1.20. The lowest BCUT2D eigenvalue weighted by atomic mass is 9.83. The van der Waals surface area contributed by atoms with Gasteiger partial charge in [0.15, 0.2) is 5.79 Å². The van der Waals surface area contributed by atoms with Crippen LogP contribution in [0.5, 0.6) is 0 Å². The molecule has 0 aliphatic carbocycles. The van der Waals surface area contributed by atoms with Gasteiger partial charge in [-0.1, -0.05) is 17.7 Å². The van der Waals surface area contributed by atoms with E-state index in [9.17, 15) is 18.0 Å². The van der Waals surface area contributed by atoms with Crippen molar-refractivity contribution in [3.05, 3.63) is 87.3 Å². The monoisotopic (exact) mass is 624 g/mol. The lowest BCUT2D eigenvalue weighted by Gasteiger charge is -2.44. The fraction of sp³-hybridized carbons (Fsp3) is 0.419. The molecule has 1 spiro atoms. The summed E-state index contributed by atoms with van der Waals surface area (Å²) >= 11 is 6.01. The number of benzene rings is 2. The Morgan fingerprint density at radius 1 is 0.953 bits per heavy atom. The van der Waals surface area contributed by atoms with Gasteiger partial charge in [0.05, 0.1) is 29.5 Å². The van der Waals surface area contributed by atoms with Gasteiger partial charge in [-0.05, 0) is 60.9 Å². The van der Waals surface area contributed by atoms with Crippen LogP contribution >= 0.6 is 11.6 Å². The summed E-state index contributed by atoms with van der Waals surface area (Å²) in [5.41, 5.74) is 2.44. The number of rotatable bonds is 5. The maximum absolute atomic E-state index is 13.7. The molecule has 3 saturated heterocycles. The number of amides is 1. The average Bonchev–Trinajstić information content (AvgIpc) is 3.45. The summed E-state index contributed by atoms with van der Waals surface area (Å²) in [5.74, 6) is -0.413. The molecule has 1 N–H and O–H groups in total. The van der Waals surface area contributed by atoms with Gasteiger partial charge in [0.25, 0.3) is 21.5 Å². The molecular weight excluding hydrogens is 592 g/mol. The number of hydrogen-bond donors (Lipinski definition) is 1. The second-order valence-electron chi connectivity index (χ2n) is 11.8. The van der Waals surface area contributed by atoms with Crippen molar-refractivity contribution in [3.8, 4) is 0 Å². The lowest BCUT2D eigenvalue weighted by Crippen LogP contribution is -2.47. The average molecular weight is 625 g/mol. The van der Waals surface area contributed by atoms with Gasteiger partial charge in [-0.3, -0.25) is 14.3 Å². The van der Waals surface area contributed by atoms with E-state index in [0.717, 1.165) is 12.1 Å². The van der Waals surface area contributed by atoms with Crippen LogP contribution < -0.4 is 15.2 Å². The largest absolute Gasteiger partial charge is 0.369 e. The number of anilines is 2. The number of carbonyl (C=O) groups excluding carboxylic acids is 1. The molecule has 12 heteroatoms. The molecule has 1 amide bonds. The summed E-state index contributed by atoms with van der Waals surface area (Å²) in [7, 11) is -3.99. The molecule has 5 heterocycles. The third-order valence-corrected chi connectivity index (χ3v) is 10.7. The van der Waals surface area contributed by atoms with Crippen molar-refractivity contribution in [3.63, 3.8) is 0 Å². The Hall–Kier alpha value is -3.38. The van der Waals surface area contributed by atoms with Crippen molar-refractivity contribution >= 4 is 38.9 Å². The summed E-state index contributed by atoms with van der Waals surface area (Å²) in [6, 6.07) is 16.6. The Morgan fingerprint density at radius 3 is 2.44 bits per heavy atom. The molecule has 1 aromatic heterocycles. The molecule has 4 aliphatic heterocycles. The number of likely N-dealkylation sites (tertiary alicyclic amines) is 1. The first-order chi connectivity index (χ1) is 20.7. The van der Waals surface area contributed by atoms with Gasteiger partial charge in [-0.15, -0.1) is 0 Å². The number of hydrogen-bond acceptors (Lipinski definition) is 7. The van der Waals surface area contributed by atoms with Gasteiger partial charge in [0.2, 0.25) is 0 Å². The van der Waals surface area contributed by atoms with Gasteiger partial charge >= 0.3 is 0 Å². The number of sulfonamides is 1. The maximum atomic E-state index is 13.7. The highest BCUT2D eigenvalue weighted by molar-refractivity contribution is 7.92. The van der Waals surface area contributed by atoms with Crippen LogP contribution in [-0.4, -0.2) is 69.0 Å². The van der Waals surface area contributed by atoms with E-state index in [1.165, 1.54) is 24.3 Å². The highest BCUT2D eigenvalue weighted by Gasteiger charge is 2.41. The molecule has 0 unspecified atom stereocenters. The van der Waals surface area contributed by atoms with E-state index in [1.807, 2.05) is 16.7 Å². The van der Waals surface area contributed by atoms with E-state index < -0.39 is 15.8 Å². The number of nitrogens with zero attached hydrogens (tertiary/aromatic N) is 3. The summed E-state index contributed by atoms with van der Waals surface area (Å²) in [6.07, 6.45) is 2.15. The molecule has 7 rings (SSSR count). The molecule has 226 valence electrons. The van der Waals surface area contributed by atoms with Crippen LogP contribution in [0.25, 0.3) is 0 Å². The topological polar surface area (TPSA) is 110 Å². The summed E-state index contributed by atoms with van der Waals surface area (Å²) in [4.78, 5) is 30.2. The van der Waals surface area contributed by atoms with Crippen LogP contribution in [0.15, 0.2) is 70.4 Å². The molecule has 10 nitrogen and oxygen atoms in total. The lowest BCUT2D eigenvalue weighted by molar-refractivity contribution is -0.181.